The molecular formula is C16H24N2O. The predicted octanol–water partition coefficient (Wildman–Crippen LogP) is 2.41. The molecule has 2 aliphatic heterocycles. The quantitative estimate of drug-likeness (QED) is 0.903. The highest BCUT2D eigenvalue weighted by atomic mass is 16.5. The first kappa shape index (κ1) is 12.9. The first-order valence-electron chi connectivity index (χ1n) is 7.41. The number of nitrogens with zero attached hydrogens (tertiary/aromatic N) is 1. The molecule has 2 fully saturated rings. The Morgan fingerprint density at radius 1 is 1.26 bits per heavy atom. The van der Waals surface area contributed by atoms with Gasteiger partial charge in [-0.15, -0.1) is 0 Å². The number of methoxy groups -OCH3 is 1. The van der Waals surface area contributed by atoms with Crippen LogP contribution in [0.4, 0.5) is 0 Å². The van der Waals surface area contributed by atoms with Crippen molar-refractivity contribution in [1.29, 1.82) is 0 Å². The summed E-state index contributed by atoms with van der Waals surface area (Å²) in [4.78, 5) is 2.71. The summed E-state index contributed by atoms with van der Waals surface area (Å²) in [6.45, 7) is 4.66. The number of likely N-dealkylation sites (tertiary alicyclic amines) is 1. The van der Waals surface area contributed by atoms with Crippen LogP contribution in [0.25, 0.3) is 0 Å². The third-order valence-corrected chi connectivity index (χ3v) is 4.78. The molecule has 2 heterocycles. The van der Waals surface area contributed by atoms with Gasteiger partial charge in [-0.25, -0.2) is 0 Å². The van der Waals surface area contributed by atoms with Gasteiger partial charge in [0.15, 0.2) is 0 Å². The number of piperidine rings is 1. The van der Waals surface area contributed by atoms with Gasteiger partial charge < -0.3 is 10.1 Å². The van der Waals surface area contributed by atoms with Crippen molar-refractivity contribution in [3.05, 3.63) is 29.8 Å². The molecule has 104 valence electrons. The standard InChI is InChI=1S/C16H24N2O/c1-19-15-5-2-4-14(12-15)13-18-11-3-6-16(18)7-9-17-10-8-16/h2,4-5,12,17H,3,6-11,13H2,1H3. The van der Waals surface area contributed by atoms with Gasteiger partial charge in [0, 0.05) is 12.1 Å². The summed E-state index contributed by atoms with van der Waals surface area (Å²) < 4.78 is 5.33. The number of hydrogen-bond acceptors (Lipinski definition) is 3. The van der Waals surface area contributed by atoms with E-state index in [4.69, 9.17) is 4.74 Å². The van der Waals surface area contributed by atoms with Gasteiger partial charge in [0.2, 0.25) is 0 Å². The molecule has 1 N–H and O–H groups in total. The maximum absolute atomic E-state index is 5.33. The number of benzene rings is 1. The Kier molecular flexibility index (Phi) is 3.76. The van der Waals surface area contributed by atoms with Gasteiger partial charge in [-0.1, -0.05) is 12.1 Å². The Morgan fingerprint density at radius 3 is 2.89 bits per heavy atom. The van der Waals surface area contributed by atoms with E-state index in [1.807, 2.05) is 6.07 Å². The fraction of sp³-hybridized carbons (Fsp3) is 0.625. The monoisotopic (exact) mass is 260 g/mol. The first-order valence-corrected chi connectivity index (χ1v) is 7.41. The summed E-state index contributed by atoms with van der Waals surface area (Å²) >= 11 is 0. The van der Waals surface area contributed by atoms with E-state index in [2.05, 4.69) is 28.4 Å². The van der Waals surface area contributed by atoms with Gasteiger partial charge >= 0.3 is 0 Å². The van der Waals surface area contributed by atoms with E-state index in [9.17, 15) is 0 Å². The molecule has 0 atom stereocenters. The largest absolute Gasteiger partial charge is 0.497 e. The van der Waals surface area contributed by atoms with Crippen LogP contribution in [0.1, 0.15) is 31.2 Å². The molecule has 19 heavy (non-hydrogen) atoms. The summed E-state index contributed by atoms with van der Waals surface area (Å²) in [7, 11) is 1.74. The summed E-state index contributed by atoms with van der Waals surface area (Å²) in [5.41, 5.74) is 1.84. The van der Waals surface area contributed by atoms with E-state index < -0.39 is 0 Å². The minimum absolute atomic E-state index is 0.467. The second-order valence-corrected chi connectivity index (χ2v) is 5.85. The van der Waals surface area contributed by atoms with Crippen LogP contribution in [0.2, 0.25) is 0 Å². The molecule has 0 radical (unpaired) electrons. The second-order valence-electron chi connectivity index (χ2n) is 5.85. The molecule has 0 bridgehead atoms. The Balaban J connectivity index is 1.74. The second kappa shape index (κ2) is 5.51. The zero-order chi connectivity index (χ0) is 13.1. The number of nitrogens with one attached hydrogen (secondary N) is 1. The normalized spacial score (nSPS) is 22.8. The highest BCUT2D eigenvalue weighted by Gasteiger charge is 2.41. The lowest BCUT2D eigenvalue weighted by Gasteiger charge is -2.42. The summed E-state index contributed by atoms with van der Waals surface area (Å²) in [6.07, 6.45) is 5.33. The van der Waals surface area contributed by atoms with Crippen molar-refractivity contribution in [2.24, 2.45) is 0 Å². The molecule has 3 rings (SSSR count). The van der Waals surface area contributed by atoms with Crippen LogP contribution >= 0.6 is 0 Å². The van der Waals surface area contributed by atoms with Gasteiger partial charge in [0.1, 0.15) is 5.75 Å². The lowest BCUT2D eigenvalue weighted by Crippen LogP contribution is -2.50. The third-order valence-electron chi connectivity index (χ3n) is 4.78. The summed E-state index contributed by atoms with van der Waals surface area (Å²) in [6, 6.07) is 8.51. The van der Waals surface area contributed by atoms with E-state index in [1.54, 1.807) is 7.11 Å². The molecule has 0 saturated carbocycles. The average molecular weight is 260 g/mol. The Hall–Kier alpha value is -1.06. The molecule has 0 amide bonds. The fourth-order valence-electron chi connectivity index (χ4n) is 3.69. The number of hydrogen-bond donors (Lipinski definition) is 1. The van der Waals surface area contributed by atoms with E-state index in [0.717, 1.165) is 12.3 Å². The van der Waals surface area contributed by atoms with E-state index in [0.29, 0.717) is 5.54 Å². The van der Waals surface area contributed by atoms with Crippen LogP contribution in [0.5, 0.6) is 5.75 Å². The molecule has 2 aliphatic rings. The molecule has 0 aromatic heterocycles. The van der Waals surface area contributed by atoms with Crippen LogP contribution in [0.3, 0.4) is 0 Å². The Bertz CT molecular complexity index is 427. The maximum Gasteiger partial charge on any atom is 0.119 e. The van der Waals surface area contributed by atoms with Crippen LogP contribution in [0.15, 0.2) is 24.3 Å². The van der Waals surface area contributed by atoms with Crippen LogP contribution in [-0.2, 0) is 6.54 Å². The molecule has 2 saturated heterocycles. The average Bonchev–Trinajstić information content (AvgIpc) is 2.82. The van der Waals surface area contributed by atoms with Crippen molar-refractivity contribution in [3.63, 3.8) is 0 Å². The van der Waals surface area contributed by atoms with Gasteiger partial charge in [0.05, 0.1) is 7.11 Å². The molecule has 3 nitrogen and oxygen atoms in total. The molecule has 0 aliphatic carbocycles. The zero-order valence-electron chi connectivity index (χ0n) is 11.8. The smallest absolute Gasteiger partial charge is 0.119 e. The van der Waals surface area contributed by atoms with Gasteiger partial charge in [-0.2, -0.15) is 0 Å². The van der Waals surface area contributed by atoms with Gasteiger partial charge in [0.25, 0.3) is 0 Å². The van der Waals surface area contributed by atoms with Crippen LogP contribution < -0.4 is 10.1 Å². The van der Waals surface area contributed by atoms with Crippen molar-refractivity contribution in [2.45, 2.75) is 37.8 Å². The zero-order valence-corrected chi connectivity index (χ0v) is 11.8. The highest BCUT2D eigenvalue weighted by molar-refractivity contribution is 5.28. The van der Waals surface area contributed by atoms with Gasteiger partial charge in [-0.05, 0) is 63.0 Å². The Morgan fingerprint density at radius 2 is 2.11 bits per heavy atom. The van der Waals surface area contributed by atoms with Crippen molar-refractivity contribution in [1.82, 2.24) is 10.2 Å². The minimum atomic E-state index is 0.467. The minimum Gasteiger partial charge on any atom is -0.497 e. The van der Waals surface area contributed by atoms with Crippen molar-refractivity contribution < 1.29 is 4.74 Å². The van der Waals surface area contributed by atoms with Gasteiger partial charge in [-0.3, -0.25) is 4.90 Å². The van der Waals surface area contributed by atoms with Crippen molar-refractivity contribution in [2.75, 3.05) is 26.7 Å². The molecule has 1 spiro atoms. The lowest BCUT2D eigenvalue weighted by atomic mass is 9.85. The molecule has 0 unspecified atom stereocenters. The SMILES string of the molecule is COc1cccc(CN2CCCC23CCNCC3)c1. The van der Waals surface area contributed by atoms with Crippen LogP contribution in [-0.4, -0.2) is 37.2 Å². The van der Waals surface area contributed by atoms with Crippen molar-refractivity contribution >= 4 is 0 Å². The van der Waals surface area contributed by atoms with Crippen molar-refractivity contribution in [3.8, 4) is 5.75 Å². The summed E-state index contributed by atoms with van der Waals surface area (Å²) in [5, 5.41) is 3.49. The van der Waals surface area contributed by atoms with E-state index >= 15 is 0 Å². The molecule has 3 heteroatoms. The topological polar surface area (TPSA) is 24.5 Å². The summed E-state index contributed by atoms with van der Waals surface area (Å²) in [5.74, 6) is 0.969. The molecule has 1 aromatic carbocycles. The number of rotatable bonds is 3. The Labute approximate surface area is 115 Å². The molecule has 1 aromatic rings. The van der Waals surface area contributed by atoms with Crippen LogP contribution in [0, 0.1) is 0 Å². The number of ether oxygens (including phenoxy) is 1. The predicted molar refractivity (Wildman–Crippen MR) is 77.5 cm³/mol. The lowest BCUT2D eigenvalue weighted by molar-refractivity contribution is 0.0927. The van der Waals surface area contributed by atoms with E-state index in [-0.39, 0.29) is 0 Å². The maximum atomic E-state index is 5.33. The van der Waals surface area contributed by atoms with E-state index in [1.165, 1.54) is 50.9 Å². The fourth-order valence-corrected chi connectivity index (χ4v) is 3.69. The third kappa shape index (κ3) is 2.63. The molecular weight excluding hydrogens is 236 g/mol. The highest BCUT2D eigenvalue weighted by Crippen LogP contribution is 2.37. The first-order chi connectivity index (χ1) is 9.32.